The molecule has 2 N–H and O–H groups in total. The molecule has 3 rings (SSSR count). The average molecular weight is 332 g/mol. The van der Waals surface area contributed by atoms with E-state index in [9.17, 15) is 9.59 Å². The Morgan fingerprint density at radius 3 is 2.88 bits per heavy atom. The van der Waals surface area contributed by atoms with Gasteiger partial charge in [0.05, 0.1) is 32.4 Å². The third-order valence-electron chi connectivity index (χ3n) is 3.89. The van der Waals surface area contributed by atoms with Gasteiger partial charge in [0.25, 0.3) is 0 Å². The van der Waals surface area contributed by atoms with Crippen molar-refractivity contribution in [3.05, 3.63) is 24.3 Å². The van der Waals surface area contributed by atoms with E-state index >= 15 is 0 Å². The highest BCUT2D eigenvalue weighted by Crippen LogP contribution is 2.23. The van der Waals surface area contributed by atoms with E-state index in [1.54, 1.807) is 18.2 Å². The van der Waals surface area contributed by atoms with Crippen LogP contribution in [0.15, 0.2) is 29.3 Å². The van der Waals surface area contributed by atoms with Gasteiger partial charge in [-0.2, -0.15) is 0 Å². The van der Waals surface area contributed by atoms with Gasteiger partial charge in [-0.1, -0.05) is 12.1 Å². The molecule has 128 valence electrons. The van der Waals surface area contributed by atoms with Gasteiger partial charge in [0.15, 0.2) is 0 Å². The second-order valence-corrected chi connectivity index (χ2v) is 5.51. The van der Waals surface area contributed by atoms with Crippen LogP contribution in [0.25, 0.3) is 0 Å². The minimum atomic E-state index is -0.762. The van der Waals surface area contributed by atoms with Gasteiger partial charge in [-0.05, 0) is 12.1 Å². The zero-order valence-electron chi connectivity index (χ0n) is 13.4. The quantitative estimate of drug-likeness (QED) is 0.825. The van der Waals surface area contributed by atoms with Crippen LogP contribution in [0.4, 0.5) is 5.69 Å². The summed E-state index contributed by atoms with van der Waals surface area (Å²) in [5, 5.41) is 5.52. The van der Waals surface area contributed by atoms with Gasteiger partial charge in [-0.15, -0.1) is 0 Å². The Balaban J connectivity index is 1.74. The number of aliphatic imine (C=N–C) groups is 1. The number of methoxy groups -OCH3 is 1. The predicted molar refractivity (Wildman–Crippen MR) is 88.0 cm³/mol. The Kier molecular flexibility index (Phi) is 4.95. The van der Waals surface area contributed by atoms with E-state index in [0.717, 1.165) is 0 Å². The molecule has 0 bridgehead atoms. The number of rotatable bonds is 3. The molecule has 1 aromatic rings. The van der Waals surface area contributed by atoms with Crippen molar-refractivity contribution < 1.29 is 19.1 Å². The molecule has 1 atom stereocenters. The van der Waals surface area contributed by atoms with E-state index in [-0.39, 0.29) is 18.2 Å². The van der Waals surface area contributed by atoms with Crippen LogP contribution in [0.2, 0.25) is 0 Å². The second-order valence-electron chi connectivity index (χ2n) is 5.51. The highest BCUT2D eigenvalue weighted by atomic mass is 16.5. The first-order valence-corrected chi connectivity index (χ1v) is 7.81. The summed E-state index contributed by atoms with van der Waals surface area (Å²) in [5.41, 5.74) is 0.555. The summed E-state index contributed by atoms with van der Waals surface area (Å²) in [6.45, 7) is 2.43. The maximum Gasteiger partial charge on any atom is 0.249 e. The Bertz CT molecular complexity index is 655. The molecular weight excluding hydrogens is 312 g/mol. The zero-order valence-corrected chi connectivity index (χ0v) is 13.4. The van der Waals surface area contributed by atoms with Crippen molar-refractivity contribution in [1.82, 2.24) is 10.2 Å². The smallest absolute Gasteiger partial charge is 0.249 e. The molecule has 0 unspecified atom stereocenters. The molecule has 2 amide bonds. The van der Waals surface area contributed by atoms with Gasteiger partial charge in [-0.25, -0.2) is 4.99 Å². The van der Waals surface area contributed by atoms with Crippen molar-refractivity contribution in [2.45, 2.75) is 12.5 Å². The van der Waals surface area contributed by atoms with E-state index in [2.05, 4.69) is 15.6 Å². The molecule has 0 spiro atoms. The number of guanidine groups is 1. The summed E-state index contributed by atoms with van der Waals surface area (Å²) in [6.07, 6.45) is 0.0226. The number of amides is 2. The lowest BCUT2D eigenvalue weighted by molar-refractivity contribution is -0.125. The summed E-state index contributed by atoms with van der Waals surface area (Å²) < 4.78 is 10.5. The van der Waals surface area contributed by atoms with E-state index in [0.29, 0.717) is 43.7 Å². The number of anilines is 1. The molecule has 0 aromatic heterocycles. The Hall–Kier alpha value is -2.61. The van der Waals surface area contributed by atoms with Gasteiger partial charge in [0.1, 0.15) is 11.8 Å². The van der Waals surface area contributed by atoms with Crippen molar-refractivity contribution in [3.8, 4) is 5.75 Å². The fraction of sp³-hybridized carbons (Fsp3) is 0.438. The van der Waals surface area contributed by atoms with E-state index in [1.807, 2.05) is 11.0 Å². The van der Waals surface area contributed by atoms with Gasteiger partial charge in [0, 0.05) is 13.1 Å². The molecule has 8 nitrogen and oxygen atoms in total. The fourth-order valence-corrected chi connectivity index (χ4v) is 2.63. The number of hydrogen-bond donors (Lipinski definition) is 2. The van der Waals surface area contributed by atoms with Crippen molar-refractivity contribution in [2.75, 3.05) is 38.7 Å². The van der Waals surface area contributed by atoms with Crippen LogP contribution in [0.1, 0.15) is 6.42 Å². The molecule has 1 fully saturated rings. The number of ether oxygens (including phenoxy) is 2. The summed E-state index contributed by atoms with van der Waals surface area (Å²) in [4.78, 5) is 30.8. The number of nitrogens with zero attached hydrogens (tertiary/aromatic N) is 2. The predicted octanol–water partition coefficient (Wildman–Crippen LogP) is 0.210. The standard InChI is InChI=1S/C16H20N4O4/c1-23-13-5-3-2-4-11(13)17-15(22)12-10-14(21)19-16(18-12)20-6-8-24-9-7-20/h2-5,12H,6-10H2,1H3,(H,17,22)(H,18,19,21)/t12-/m0/s1. The molecule has 0 aliphatic carbocycles. The molecule has 0 saturated carbocycles. The minimum absolute atomic E-state index is 0.0226. The van der Waals surface area contributed by atoms with Crippen LogP contribution in [0.5, 0.6) is 5.75 Å². The third kappa shape index (κ3) is 3.65. The number of para-hydroxylation sites is 2. The van der Waals surface area contributed by atoms with Crippen molar-refractivity contribution in [3.63, 3.8) is 0 Å². The minimum Gasteiger partial charge on any atom is -0.495 e. The fourth-order valence-electron chi connectivity index (χ4n) is 2.63. The maximum absolute atomic E-state index is 12.5. The molecule has 8 heteroatoms. The molecule has 24 heavy (non-hydrogen) atoms. The lowest BCUT2D eigenvalue weighted by Crippen LogP contribution is -2.53. The number of hydrogen-bond acceptors (Lipinski definition) is 6. The van der Waals surface area contributed by atoms with Crippen LogP contribution >= 0.6 is 0 Å². The van der Waals surface area contributed by atoms with E-state index < -0.39 is 6.04 Å². The van der Waals surface area contributed by atoms with Crippen molar-refractivity contribution in [2.24, 2.45) is 4.99 Å². The first-order valence-electron chi connectivity index (χ1n) is 7.81. The summed E-state index contributed by atoms with van der Waals surface area (Å²) in [7, 11) is 1.54. The monoisotopic (exact) mass is 332 g/mol. The number of morpholine rings is 1. The number of nitrogens with one attached hydrogen (secondary N) is 2. The van der Waals surface area contributed by atoms with Gasteiger partial charge in [0.2, 0.25) is 17.8 Å². The summed E-state index contributed by atoms with van der Waals surface area (Å²) in [6, 6.07) is 6.35. The number of benzene rings is 1. The molecular formula is C16H20N4O4. The highest BCUT2D eigenvalue weighted by Gasteiger charge is 2.30. The van der Waals surface area contributed by atoms with Crippen LogP contribution < -0.4 is 15.4 Å². The topological polar surface area (TPSA) is 92.3 Å². The molecule has 2 aliphatic rings. The van der Waals surface area contributed by atoms with Crippen molar-refractivity contribution >= 4 is 23.5 Å². The second kappa shape index (κ2) is 7.31. The molecule has 1 aromatic carbocycles. The van der Waals surface area contributed by atoms with Crippen LogP contribution in [-0.2, 0) is 14.3 Å². The van der Waals surface area contributed by atoms with Crippen LogP contribution in [0.3, 0.4) is 0 Å². The summed E-state index contributed by atoms with van der Waals surface area (Å²) >= 11 is 0. The maximum atomic E-state index is 12.5. The number of carbonyl (C=O) groups excluding carboxylic acids is 2. The van der Waals surface area contributed by atoms with E-state index in [1.165, 1.54) is 7.11 Å². The van der Waals surface area contributed by atoms with Crippen LogP contribution in [0, 0.1) is 0 Å². The number of carbonyl (C=O) groups is 2. The SMILES string of the molecule is COc1ccccc1NC(=O)[C@@H]1CC(=O)NC(N2CCOCC2)=N1. The lowest BCUT2D eigenvalue weighted by Gasteiger charge is -2.32. The molecule has 2 heterocycles. The van der Waals surface area contributed by atoms with Crippen molar-refractivity contribution in [1.29, 1.82) is 0 Å². The Morgan fingerprint density at radius 2 is 2.12 bits per heavy atom. The lowest BCUT2D eigenvalue weighted by atomic mass is 10.1. The molecule has 2 aliphatic heterocycles. The summed E-state index contributed by atoms with van der Waals surface area (Å²) in [5.74, 6) is 0.449. The average Bonchev–Trinajstić information content (AvgIpc) is 2.62. The van der Waals surface area contributed by atoms with Gasteiger partial charge < -0.3 is 19.7 Å². The highest BCUT2D eigenvalue weighted by molar-refractivity contribution is 6.06. The molecule has 1 saturated heterocycles. The van der Waals surface area contributed by atoms with Gasteiger partial charge in [-0.3, -0.25) is 14.9 Å². The third-order valence-corrected chi connectivity index (χ3v) is 3.89. The largest absolute Gasteiger partial charge is 0.495 e. The first-order chi connectivity index (χ1) is 11.7. The Morgan fingerprint density at radius 1 is 1.38 bits per heavy atom. The molecule has 0 radical (unpaired) electrons. The van der Waals surface area contributed by atoms with E-state index in [4.69, 9.17) is 9.47 Å². The Labute approximate surface area is 139 Å². The first kappa shape index (κ1) is 16.3. The van der Waals surface area contributed by atoms with Gasteiger partial charge >= 0.3 is 0 Å². The normalized spacial score (nSPS) is 20.9. The van der Waals surface area contributed by atoms with Crippen LogP contribution in [-0.4, -0.2) is 62.1 Å². The zero-order chi connectivity index (χ0) is 16.9.